The molecule has 0 aliphatic rings. The van der Waals surface area contributed by atoms with Crippen molar-refractivity contribution in [3.8, 4) is 5.75 Å². The summed E-state index contributed by atoms with van der Waals surface area (Å²) in [4.78, 5) is 12.1. The van der Waals surface area contributed by atoms with Gasteiger partial charge in [-0.1, -0.05) is 72.8 Å². The summed E-state index contributed by atoms with van der Waals surface area (Å²) in [6.45, 7) is 0.705. The molecule has 0 aliphatic carbocycles. The molecule has 3 aromatic carbocycles. The lowest BCUT2D eigenvalue weighted by atomic mass is 10.1. The highest BCUT2D eigenvalue weighted by Crippen LogP contribution is 2.19. The van der Waals surface area contributed by atoms with Crippen LogP contribution in [0, 0.1) is 0 Å². The number of carbonyl (C=O) groups is 1. The highest BCUT2D eigenvalue weighted by atomic mass is 16.5. The van der Waals surface area contributed by atoms with Crippen molar-refractivity contribution in [1.29, 1.82) is 0 Å². The predicted octanol–water partition coefficient (Wildman–Crippen LogP) is 4.01. The molecule has 26 heavy (non-hydrogen) atoms. The second-order valence-electron chi connectivity index (χ2n) is 5.91. The van der Waals surface area contributed by atoms with Gasteiger partial charge in [0.1, 0.15) is 25.0 Å². The molecule has 4 heteroatoms. The molecular formula is C22H21NO3. The van der Waals surface area contributed by atoms with Gasteiger partial charge in [-0.3, -0.25) is 0 Å². The van der Waals surface area contributed by atoms with Crippen LogP contribution in [0.25, 0.3) is 0 Å². The number of esters is 1. The van der Waals surface area contributed by atoms with Gasteiger partial charge in [0.15, 0.2) is 0 Å². The van der Waals surface area contributed by atoms with Gasteiger partial charge in [-0.25, -0.2) is 4.79 Å². The maximum atomic E-state index is 12.1. The summed E-state index contributed by atoms with van der Waals surface area (Å²) in [6, 6.07) is 25.8. The molecule has 0 aliphatic heterocycles. The van der Waals surface area contributed by atoms with E-state index in [-0.39, 0.29) is 6.61 Å². The van der Waals surface area contributed by atoms with E-state index in [2.05, 4.69) is 0 Å². The zero-order valence-corrected chi connectivity index (χ0v) is 14.4. The van der Waals surface area contributed by atoms with Gasteiger partial charge in [0, 0.05) is 0 Å². The number of nitrogens with two attached hydrogens (primary N) is 1. The SMILES string of the molecule is N[C@@H](C(=O)OCc1ccccc1)c1ccc(OCc2ccccc2)cc1. The Hall–Kier alpha value is -3.11. The molecule has 3 rings (SSSR count). The molecule has 0 saturated heterocycles. The molecule has 0 saturated carbocycles. The van der Waals surface area contributed by atoms with Gasteiger partial charge < -0.3 is 15.2 Å². The van der Waals surface area contributed by atoms with Gasteiger partial charge in [-0.15, -0.1) is 0 Å². The first-order valence-corrected chi connectivity index (χ1v) is 8.45. The van der Waals surface area contributed by atoms with Crippen LogP contribution in [0.1, 0.15) is 22.7 Å². The second kappa shape index (κ2) is 8.83. The van der Waals surface area contributed by atoms with Crippen molar-refractivity contribution < 1.29 is 14.3 Å². The first-order chi connectivity index (χ1) is 12.7. The van der Waals surface area contributed by atoms with Crippen LogP contribution in [-0.4, -0.2) is 5.97 Å². The van der Waals surface area contributed by atoms with Crippen molar-refractivity contribution in [2.75, 3.05) is 0 Å². The van der Waals surface area contributed by atoms with E-state index < -0.39 is 12.0 Å². The summed E-state index contributed by atoms with van der Waals surface area (Å²) < 4.78 is 11.0. The third-order valence-electron chi connectivity index (χ3n) is 3.97. The summed E-state index contributed by atoms with van der Waals surface area (Å²) in [6.07, 6.45) is 0. The van der Waals surface area contributed by atoms with Crippen LogP contribution < -0.4 is 10.5 Å². The first kappa shape index (κ1) is 17.7. The molecule has 0 amide bonds. The van der Waals surface area contributed by atoms with E-state index in [9.17, 15) is 4.79 Å². The summed E-state index contributed by atoms with van der Waals surface area (Å²) in [5.41, 5.74) is 8.72. The Kier molecular flexibility index (Phi) is 6.01. The largest absolute Gasteiger partial charge is 0.489 e. The van der Waals surface area contributed by atoms with Crippen molar-refractivity contribution in [3.05, 3.63) is 102 Å². The molecule has 0 radical (unpaired) electrons. The Morgan fingerprint density at radius 1 is 0.769 bits per heavy atom. The van der Waals surface area contributed by atoms with Crippen LogP contribution in [0.15, 0.2) is 84.9 Å². The van der Waals surface area contributed by atoms with E-state index in [4.69, 9.17) is 15.2 Å². The summed E-state index contributed by atoms with van der Waals surface area (Å²) in [7, 11) is 0. The van der Waals surface area contributed by atoms with E-state index in [0.29, 0.717) is 12.2 Å². The Balaban J connectivity index is 1.52. The average molecular weight is 347 g/mol. The van der Waals surface area contributed by atoms with Crippen molar-refractivity contribution in [2.24, 2.45) is 5.73 Å². The van der Waals surface area contributed by atoms with Crippen molar-refractivity contribution in [1.82, 2.24) is 0 Å². The normalized spacial score (nSPS) is 11.6. The maximum absolute atomic E-state index is 12.1. The fraction of sp³-hybridized carbons (Fsp3) is 0.136. The van der Waals surface area contributed by atoms with E-state index in [0.717, 1.165) is 16.9 Å². The van der Waals surface area contributed by atoms with E-state index >= 15 is 0 Å². The minimum atomic E-state index is -0.818. The van der Waals surface area contributed by atoms with Gasteiger partial charge in [-0.2, -0.15) is 0 Å². The average Bonchev–Trinajstić information content (AvgIpc) is 2.72. The first-order valence-electron chi connectivity index (χ1n) is 8.45. The van der Waals surface area contributed by atoms with E-state index in [1.54, 1.807) is 12.1 Å². The van der Waals surface area contributed by atoms with Crippen molar-refractivity contribution in [3.63, 3.8) is 0 Å². The Labute approximate surface area is 153 Å². The van der Waals surface area contributed by atoms with E-state index in [1.807, 2.05) is 72.8 Å². The van der Waals surface area contributed by atoms with Crippen molar-refractivity contribution in [2.45, 2.75) is 19.3 Å². The smallest absolute Gasteiger partial charge is 0.327 e. The van der Waals surface area contributed by atoms with Gasteiger partial charge >= 0.3 is 5.97 Å². The lowest BCUT2D eigenvalue weighted by Gasteiger charge is -2.13. The van der Waals surface area contributed by atoms with Gasteiger partial charge in [0.2, 0.25) is 0 Å². The molecule has 0 spiro atoms. The zero-order valence-electron chi connectivity index (χ0n) is 14.4. The number of hydrogen-bond donors (Lipinski definition) is 1. The molecule has 0 aromatic heterocycles. The number of hydrogen-bond acceptors (Lipinski definition) is 4. The number of benzene rings is 3. The molecule has 3 aromatic rings. The van der Waals surface area contributed by atoms with Crippen molar-refractivity contribution >= 4 is 5.97 Å². The molecule has 0 bridgehead atoms. The molecule has 2 N–H and O–H groups in total. The topological polar surface area (TPSA) is 61.6 Å². The Bertz CT molecular complexity index is 817. The molecule has 4 nitrogen and oxygen atoms in total. The van der Waals surface area contributed by atoms with E-state index in [1.165, 1.54) is 0 Å². The third-order valence-corrected chi connectivity index (χ3v) is 3.97. The molecular weight excluding hydrogens is 326 g/mol. The fourth-order valence-electron chi connectivity index (χ4n) is 2.47. The maximum Gasteiger partial charge on any atom is 0.327 e. The molecule has 132 valence electrons. The monoisotopic (exact) mass is 347 g/mol. The highest BCUT2D eigenvalue weighted by Gasteiger charge is 2.17. The van der Waals surface area contributed by atoms with Crippen LogP contribution in [0.3, 0.4) is 0 Å². The van der Waals surface area contributed by atoms with Gasteiger partial charge in [0.25, 0.3) is 0 Å². The second-order valence-corrected chi connectivity index (χ2v) is 5.91. The summed E-state index contributed by atoms with van der Waals surface area (Å²) in [5, 5.41) is 0. The quantitative estimate of drug-likeness (QED) is 0.656. The fourth-order valence-corrected chi connectivity index (χ4v) is 2.47. The lowest BCUT2D eigenvalue weighted by molar-refractivity contribution is -0.146. The van der Waals surface area contributed by atoms with Crippen LogP contribution in [0.5, 0.6) is 5.75 Å². The molecule has 0 fully saturated rings. The molecule has 0 unspecified atom stereocenters. The number of rotatable bonds is 7. The number of ether oxygens (including phenoxy) is 2. The van der Waals surface area contributed by atoms with Gasteiger partial charge in [-0.05, 0) is 28.8 Å². The summed E-state index contributed by atoms with van der Waals surface area (Å²) in [5.74, 6) is 0.272. The van der Waals surface area contributed by atoms with Gasteiger partial charge in [0.05, 0.1) is 0 Å². The summed E-state index contributed by atoms with van der Waals surface area (Å²) >= 11 is 0. The minimum absolute atomic E-state index is 0.214. The Morgan fingerprint density at radius 2 is 1.31 bits per heavy atom. The Morgan fingerprint density at radius 3 is 1.88 bits per heavy atom. The minimum Gasteiger partial charge on any atom is -0.489 e. The lowest BCUT2D eigenvalue weighted by Crippen LogP contribution is -2.23. The van der Waals surface area contributed by atoms with Crippen LogP contribution in [0.2, 0.25) is 0 Å². The standard InChI is InChI=1S/C22H21NO3/c23-21(22(24)26-16-18-9-5-2-6-10-18)19-11-13-20(14-12-19)25-15-17-7-3-1-4-8-17/h1-14,21H,15-16,23H2/t21-/m1/s1. The zero-order chi connectivity index (χ0) is 18.2. The van der Waals surface area contributed by atoms with Crippen LogP contribution in [-0.2, 0) is 22.7 Å². The van der Waals surface area contributed by atoms with Crippen LogP contribution >= 0.6 is 0 Å². The number of carbonyl (C=O) groups excluding carboxylic acids is 1. The molecule has 0 heterocycles. The predicted molar refractivity (Wildman–Crippen MR) is 100 cm³/mol. The molecule has 1 atom stereocenters. The van der Waals surface area contributed by atoms with Crippen LogP contribution in [0.4, 0.5) is 0 Å². The highest BCUT2D eigenvalue weighted by molar-refractivity contribution is 5.77. The third kappa shape index (κ3) is 4.94.